The highest BCUT2D eigenvalue weighted by Crippen LogP contribution is 2.35. The predicted molar refractivity (Wildman–Crippen MR) is 121 cm³/mol. The molecule has 1 aromatic heterocycles. The van der Waals surface area contributed by atoms with Crippen molar-refractivity contribution < 1.29 is 9.13 Å². The van der Waals surface area contributed by atoms with Crippen LogP contribution in [0.3, 0.4) is 0 Å². The second-order valence-electron chi connectivity index (χ2n) is 7.20. The third-order valence-electron chi connectivity index (χ3n) is 5.14. The molecule has 1 heterocycles. The summed E-state index contributed by atoms with van der Waals surface area (Å²) >= 11 is 1.48. The summed E-state index contributed by atoms with van der Waals surface area (Å²) in [6, 6.07) is 17.7. The average Bonchev–Trinajstić information content (AvgIpc) is 3.13. The minimum absolute atomic E-state index is 0.147. The Kier molecular flexibility index (Phi) is 6.90. The smallest absolute Gasteiger partial charge is 0.141 e. The van der Waals surface area contributed by atoms with E-state index in [1.807, 2.05) is 54.6 Å². The lowest BCUT2D eigenvalue weighted by Crippen LogP contribution is -2.19. The lowest BCUT2D eigenvalue weighted by molar-refractivity contribution is 0.363. The molecule has 29 heavy (non-hydrogen) atoms. The van der Waals surface area contributed by atoms with Gasteiger partial charge in [-0.15, -0.1) is 17.8 Å². The Morgan fingerprint density at radius 2 is 1.90 bits per heavy atom. The number of ether oxygens (including phenoxy) is 1. The first-order chi connectivity index (χ1) is 14.1. The van der Waals surface area contributed by atoms with E-state index in [9.17, 15) is 4.39 Å². The molecule has 148 valence electrons. The minimum atomic E-state index is -0.375. The molecule has 0 aliphatic heterocycles. The number of hydrogen-bond donors (Lipinski definition) is 0. The molecule has 0 saturated carbocycles. The van der Waals surface area contributed by atoms with Crippen molar-refractivity contribution in [3.8, 4) is 29.2 Å². The van der Waals surface area contributed by atoms with Crippen LogP contribution in [0.25, 0.3) is 11.1 Å². The van der Waals surface area contributed by atoms with Gasteiger partial charge in [0, 0.05) is 15.8 Å². The maximum Gasteiger partial charge on any atom is 0.141 e. The van der Waals surface area contributed by atoms with Crippen molar-refractivity contribution in [2.24, 2.45) is 0 Å². The summed E-state index contributed by atoms with van der Waals surface area (Å²) in [6.45, 7) is 6.22. The van der Waals surface area contributed by atoms with Gasteiger partial charge in [0.2, 0.25) is 0 Å². The molecule has 3 aromatic rings. The third kappa shape index (κ3) is 4.96. The third-order valence-corrected chi connectivity index (χ3v) is 6.16. The number of halogens is 1. The Balaban J connectivity index is 1.69. The Morgan fingerprint density at radius 3 is 2.55 bits per heavy atom. The van der Waals surface area contributed by atoms with Gasteiger partial charge in [-0.3, -0.25) is 0 Å². The summed E-state index contributed by atoms with van der Waals surface area (Å²) < 4.78 is 19.9. The maximum atomic E-state index is 14.4. The highest BCUT2D eigenvalue weighted by Gasteiger charge is 2.24. The van der Waals surface area contributed by atoms with Gasteiger partial charge in [-0.25, -0.2) is 4.39 Å². The van der Waals surface area contributed by atoms with Crippen LogP contribution in [0.1, 0.15) is 30.2 Å². The van der Waals surface area contributed by atoms with E-state index in [2.05, 4.69) is 19.4 Å². The van der Waals surface area contributed by atoms with E-state index in [-0.39, 0.29) is 11.2 Å². The summed E-state index contributed by atoms with van der Waals surface area (Å²) in [4.78, 5) is 1.07. The largest absolute Gasteiger partial charge is 0.490 e. The molecule has 3 rings (SSSR count). The zero-order chi connectivity index (χ0) is 20.7. The Bertz CT molecular complexity index is 982. The lowest BCUT2D eigenvalue weighted by Gasteiger charge is -2.24. The maximum absolute atomic E-state index is 14.4. The van der Waals surface area contributed by atoms with Crippen molar-refractivity contribution in [1.29, 1.82) is 0 Å². The number of benzene rings is 2. The number of aryl methyl sites for hydroxylation is 1. The molecule has 0 saturated heterocycles. The summed E-state index contributed by atoms with van der Waals surface area (Å²) in [5.41, 5.74) is 2.36. The van der Waals surface area contributed by atoms with Crippen molar-refractivity contribution in [3.05, 3.63) is 88.9 Å². The van der Waals surface area contributed by atoms with Crippen molar-refractivity contribution >= 4 is 11.3 Å². The molecule has 0 N–H and O–H groups in total. The van der Waals surface area contributed by atoms with Crippen molar-refractivity contribution in [3.63, 3.8) is 0 Å². The van der Waals surface area contributed by atoms with Crippen LogP contribution in [0, 0.1) is 18.2 Å². The molecular formula is C26H25FOS. The zero-order valence-corrected chi connectivity index (χ0v) is 17.5. The van der Waals surface area contributed by atoms with Gasteiger partial charge in [-0.1, -0.05) is 61.0 Å². The van der Waals surface area contributed by atoms with Gasteiger partial charge in [0.1, 0.15) is 18.2 Å². The van der Waals surface area contributed by atoms with Crippen LogP contribution >= 0.6 is 11.3 Å². The van der Waals surface area contributed by atoms with Crippen molar-refractivity contribution in [2.75, 3.05) is 6.61 Å². The normalized spacial score (nSPS) is 12.7. The fourth-order valence-electron chi connectivity index (χ4n) is 3.44. The molecule has 1 atom stereocenters. The van der Waals surface area contributed by atoms with E-state index in [1.165, 1.54) is 11.3 Å². The highest BCUT2D eigenvalue weighted by atomic mass is 32.1. The van der Waals surface area contributed by atoms with Gasteiger partial charge in [0.05, 0.1) is 5.41 Å². The molecule has 1 unspecified atom stereocenters. The van der Waals surface area contributed by atoms with Gasteiger partial charge in [0.15, 0.2) is 0 Å². The SMILES string of the molecule is C#CC(C)(CCCc1scc(F)c1-c1ccccc1)c1ccc(OCC=C)cc1. The number of rotatable bonds is 9. The summed E-state index contributed by atoms with van der Waals surface area (Å²) in [6.07, 6.45) is 10.1. The predicted octanol–water partition coefficient (Wildman–Crippen LogP) is 7.03. The molecule has 0 amide bonds. The average molecular weight is 405 g/mol. The van der Waals surface area contributed by atoms with Gasteiger partial charge >= 0.3 is 0 Å². The molecule has 0 fully saturated rings. The molecule has 2 aromatic carbocycles. The lowest BCUT2D eigenvalue weighted by atomic mass is 9.79. The fourth-order valence-corrected chi connectivity index (χ4v) is 4.40. The van der Waals surface area contributed by atoms with E-state index in [4.69, 9.17) is 11.2 Å². The van der Waals surface area contributed by atoms with Gasteiger partial charge in [-0.05, 0) is 49.4 Å². The van der Waals surface area contributed by atoms with E-state index in [1.54, 1.807) is 11.5 Å². The van der Waals surface area contributed by atoms with Crippen molar-refractivity contribution in [1.82, 2.24) is 0 Å². The van der Waals surface area contributed by atoms with Crippen LogP contribution in [-0.2, 0) is 11.8 Å². The molecule has 0 aliphatic carbocycles. The van der Waals surface area contributed by atoms with Gasteiger partial charge in [-0.2, -0.15) is 0 Å². The molecule has 3 heteroatoms. The van der Waals surface area contributed by atoms with Crippen LogP contribution < -0.4 is 4.74 Å². The standard InChI is InChI=1S/C26H25FOS/c1-4-18-28-22-15-13-21(14-16-22)26(3,5-2)17-9-12-24-25(23(27)19-29-24)20-10-7-6-8-11-20/h2,4,6-8,10-11,13-16,19H,1,9,12,17-18H2,3H3. The fraction of sp³-hybridized carbons (Fsp3) is 0.231. The highest BCUT2D eigenvalue weighted by molar-refractivity contribution is 7.10. The summed E-state index contributed by atoms with van der Waals surface area (Å²) in [7, 11) is 0. The van der Waals surface area contributed by atoms with E-state index < -0.39 is 0 Å². The zero-order valence-electron chi connectivity index (χ0n) is 16.7. The number of hydrogen-bond acceptors (Lipinski definition) is 2. The summed E-state index contributed by atoms with van der Waals surface area (Å²) in [5.74, 6) is 3.62. The Labute approximate surface area is 176 Å². The molecule has 0 bridgehead atoms. The van der Waals surface area contributed by atoms with Crippen LogP contribution in [0.15, 0.2) is 72.6 Å². The van der Waals surface area contributed by atoms with E-state index >= 15 is 0 Å². The van der Waals surface area contributed by atoms with Crippen LogP contribution in [0.5, 0.6) is 5.75 Å². The first-order valence-corrected chi connectivity index (χ1v) is 10.6. The van der Waals surface area contributed by atoms with E-state index in [0.717, 1.165) is 46.6 Å². The Hall–Kier alpha value is -2.83. The van der Waals surface area contributed by atoms with Gasteiger partial charge < -0.3 is 4.74 Å². The molecular weight excluding hydrogens is 379 g/mol. The number of thiophene rings is 1. The minimum Gasteiger partial charge on any atom is -0.490 e. The Morgan fingerprint density at radius 1 is 1.17 bits per heavy atom. The van der Waals surface area contributed by atoms with Crippen LogP contribution in [0.4, 0.5) is 4.39 Å². The van der Waals surface area contributed by atoms with Gasteiger partial charge in [0.25, 0.3) is 0 Å². The monoisotopic (exact) mass is 404 g/mol. The van der Waals surface area contributed by atoms with E-state index in [0.29, 0.717) is 6.61 Å². The van der Waals surface area contributed by atoms with Crippen molar-refractivity contribution in [2.45, 2.75) is 31.6 Å². The van der Waals surface area contributed by atoms with Crippen LogP contribution in [-0.4, -0.2) is 6.61 Å². The molecule has 1 nitrogen and oxygen atoms in total. The topological polar surface area (TPSA) is 9.23 Å². The number of terminal acetylenes is 1. The molecule has 0 aliphatic rings. The molecule has 0 spiro atoms. The summed E-state index contributed by atoms with van der Waals surface area (Å²) in [5, 5.41) is 1.60. The van der Waals surface area contributed by atoms with Crippen LogP contribution in [0.2, 0.25) is 0 Å². The second-order valence-corrected chi connectivity index (χ2v) is 8.17. The quantitative estimate of drug-likeness (QED) is 0.275. The first kappa shape index (κ1) is 20.9. The first-order valence-electron chi connectivity index (χ1n) is 9.70. The second kappa shape index (κ2) is 9.58. The molecule has 0 radical (unpaired) electrons.